The van der Waals surface area contributed by atoms with Crippen LogP contribution in [-0.4, -0.2) is 16.6 Å². The van der Waals surface area contributed by atoms with Gasteiger partial charge in [-0.15, -0.1) is 0 Å². The van der Waals surface area contributed by atoms with Gasteiger partial charge in [0, 0.05) is 6.61 Å². The lowest BCUT2D eigenvalue weighted by atomic mass is 10.1. The minimum absolute atomic E-state index is 0.429. The molecule has 0 radical (unpaired) electrons. The summed E-state index contributed by atoms with van der Waals surface area (Å²) in [7, 11) is 0. The highest BCUT2D eigenvalue weighted by atomic mass is 127. The number of hydrogen-bond donors (Lipinski definition) is 0. The van der Waals surface area contributed by atoms with Crippen LogP contribution in [0.15, 0.2) is 0 Å². The second-order valence-electron chi connectivity index (χ2n) is 3.93. The van der Waals surface area contributed by atoms with Crippen LogP contribution in [-0.2, 0) is 17.8 Å². The van der Waals surface area contributed by atoms with Crippen molar-refractivity contribution in [2.24, 2.45) is 5.92 Å². The Balaban J connectivity index is 2.92. The van der Waals surface area contributed by atoms with Crippen molar-refractivity contribution in [3.8, 4) is 0 Å². The highest BCUT2D eigenvalue weighted by molar-refractivity contribution is 14.1. The molecule has 0 aliphatic rings. The van der Waals surface area contributed by atoms with Crippen LogP contribution in [0.3, 0.4) is 0 Å². The van der Waals surface area contributed by atoms with E-state index in [0.29, 0.717) is 30.1 Å². The minimum Gasteiger partial charge on any atom is -0.374 e. The van der Waals surface area contributed by atoms with E-state index in [9.17, 15) is 0 Å². The maximum atomic E-state index is 6.07. The van der Waals surface area contributed by atoms with Gasteiger partial charge in [0.25, 0.3) is 0 Å². The highest BCUT2D eigenvalue weighted by Gasteiger charge is 2.11. The zero-order chi connectivity index (χ0) is 12.1. The summed E-state index contributed by atoms with van der Waals surface area (Å²) in [6, 6.07) is 0. The van der Waals surface area contributed by atoms with Gasteiger partial charge < -0.3 is 4.74 Å². The van der Waals surface area contributed by atoms with Crippen LogP contribution in [0.25, 0.3) is 0 Å². The summed E-state index contributed by atoms with van der Waals surface area (Å²) in [5.41, 5.74) is 1.02. The lowest BCUT2D eigenvalue weighted by molar-refractivity contribution is 0.128. The van der Waals surface area contributed by atoms with E-state index in [1.165, 1.54) is 0 Å². The highest BCUT2D eigenvalue weighted by Crippen LogP contribution is 2.21. The van der Waals surface area contributed by atoms with E-state index >= 15 is 0 Å². The lowest BCUT2D eigenvalue weighted by Gasteiger charge is -2.10. The van der Waals surface area contributed by atoms with Crippen molar-refractivity contribution in [2.45, 2.75) is 33.8 Å². The molecule has 0 aliphatic carbocycles. The normalized spacial score (nSPS) is 11.1. The molecule has 0 fully saturated rings. The molecule has 0 N–H and O–H groups in total. The van der Waals surface area contributed by atoms with Gasteiger partial charge in [0.2, 0.25) is 0 Å². The van der Waals surface area contributed by atoms with Crippen molar-refractivity contribution < 1.29 is 4.74 Å². The zero-order valence-corrected chi connectivity index (χ0v) is 12.7. The average Bonchev–Trinajstić information content (AvgIpc) is 2.21. The Kier molecular flexibility index (Phi) is 5.92. The SMILES string of the molecule is CCOCc1nc(Cl)c(I)c(CC(C)C)n1. The van der Waals surface area contributed by atoms with E-state index in [2.05, 4.69) is 46.4 Å². The number of halogens is 2. The Morgan fingerprint density at radius 3 is 2.62 bits per heavy atom. The van der Waals surface area contributed by atoms with Gasteiger partial charge in [0.05, 0.1) is 9.26 Å². The third-order valence-electron chi connectivity index (χ3n) is 1.96. The van der Waals surface area contributed by atoms with Gasteiger partial charge >= 0.3 is 0 Å². The molecule has 1 aromatic heterocycles. The number of aromatic nitrogens is 2. The van der Waals surface area contributed by atoms with Crippen molar-refractivity contribution in [3.05, 3.63) is 20.2 Å². The van der Waals surface area contributed by atoms with Gasteiger partial charge in [-0.25, -0.2) is 9.97 Å². The van der Waals surface area contributed by atoms with E-state index in [-0.39, 0.29) is 0 Å². The maximum absolute atomic E-state index is 6.07. The summed E-state index contributed by atoms with van der Waals surface area (Å²) in [4.78, 5) is 8.68. The second-order valence-corrected chi connectivity index (χ2v) is 5.36. The fraction of sp³-hybridized carbons (Fsp3) is 0.636. The molecule has 90 valence electrons. The van der Waals surface area contributed by atoms with Crippen LogP contribution in [0.5, 0.6) is 0 Å². The third kappa shape index (κ3) is 4.14. The Morgan fingerprint density at radius 1 is 1.38 bits per heavy atom. The molecule has 0 amide bonds. The summed E-state index contributed by atoms with van der Waals surface area (Å²) < 4.78 is 6.24. The average molecular weight is 355 g/mol. The minimum atomic E-state index is 0.429. The predicted octanol–water partition coefficient (Wildman–Crippen LogP) is 3.47. The van der Waals surface area contributed by atoms with Gasteiger partial charge in [-0.2, -0.15) is 0 Å². The number of nitrogens with zero attached hydrogens (tertiary/aromatic N) is 2. The molecular formula is C11H16ClIN2O. The number of ether oxygens (including phenoxy) is 1. The van der Waals surface area contributed by atoms with E-state index in [1.807, 2.05) is 6.92 Å². The maximum Gasteiger partial charge on any atom is 0.156 e. The van der Waals surface area contributed by atoms with Crippen LogP contribution in [0.4, 0.5) is 0 Å². The van der Waals surface area contributed by atoms with Gasteiger partial charge in [-0.1, -0.05) is 25.4 Å². The van der Waals surface area contributed by atoms with Crippen LogP contribution in [0.2, 0.25) is 5.15 Å². The van der Waals surface area contributed by atoms with E-state index in [4.69, 9.17) is 16.3 Å². The third-order valence-corrected chi connectivity index (χ3v) is 3.69. The summed E-state index contributed by atoms with van der Waals surface area (Å²) in [6.07, 6.45) is 0.916. The first-order valence-electron chi connectivity index (χ1n) is 5.33. The first-order valence-corrected chi connectivity index (χ1v) is 6.78. The molecule has 1 rings (SSSR count). The number of rotatable bonds is 5. The fourth-order valence-electron chi connectivity index (χ4n) is 1.29. The van der Waals surface area contributed by atoms with E-state index in [1.54, 1.807) is 0 Å². The quantitative estimate of drug-likeness (QED) is 0.600. The molecule has 16 heavy (non-hydrogen) atoms. The van der Waals surface area contributed by atoms with Gasteiger partial charge in [-0.05, 0) is 41.9 Å². The molecule has 5 heteroatoms. The van der Waals surface area contributed by atoms with Crippen LogP contribution < -0.4 is 0 Å². The van der Waals surface area contributed by atoms with Crippen molar-refractivity contribution in [1.82, 2.24) is 9.97 Å². The molecule has 0 aliphatic heterocycles. The Bertz CT molecular complexity index is 358. The molecule has 0 atom stereocenters. The first-order chi connectivity index (χ1) is 7.54. The van der Waals surface area contributed by atoms with Gasteiger partial charge in [0.1, 0.15) is 11.8 Å². The Hall–Kier alpha value is 0.0600. The molecule has 0 aromatic carbocycles. The van der Waals surface area contributed by atoms with Crippen molar-refractivity contribution in [1.29, 1.82) is 0 Å². The van der Waals surface area contributed by atoms with Crippen LogP contribution >= 0.6 is 34.2 Å². The fourth-order valence-corrected chi connectivity index (χ4v) is 1.96. The van der Waals surface area contributed by atoms with Crippen LogP contribution in [0.1, 0.15) is 32.3 Å². The number of hydrogen-bond acceptors (Lipinski definition) is 3. The summed E-state index contributed by atoms with van der Waals surface area (Å²) in [6.45, 7) is 7.36. The van der Waals surface area contributed by atoms with Gasteiger partial charge in [0.15, 0.2) is 5.82 Å². The largest absolute Gasteiger partial charge is 0.374 e. The summed E-state index contributed by atoms with van der Waals surface area (Å²) in [5.74, 6) is 1.22. The Labute approximate surface area is 115 Å². The van der Waals surface area contributed by atoms with Crippen LogP contribution in [0, 0.1) is 9.49 Å². The van der Waals surface area contributed by atoms with E-state index < -0.39 is 0 Å². The van der Waals surface area contributed by atoms with Crippen molar-refractivity contribution in [3.63, 3.8) is 0 Å². The molecule has 0 unspecified atom stereocenters. The molecular weight excluding hydrogens is 338 g/mol. The second kappa shape index (κ2) is 6.71. The molecule has 0 saturated heterocycles. The zero-order valence-electron chi connectivity index (χ0n) is 9.76. The molecule has 1 heterocycles. The topological polar surface area (TPSA) is 35.0 Å². The van der Waals surface area contributed by atoms with Crippen molar-refractivity contribution >= 4 is 34.2 Å². The summed E-state index contributed by atoms with van der Waals surface area (Å²) in [5, 5.41) is 0.529. The van der Waals surface area contributed by atoms with Gasteiger partial charge in [-0.3, -0.25) is 0 Å². The monoisotopic (exact) mass is 354 g/mol. The smallest absolute Gasteiger partial charge is 0.156 e. The standard InChI is InChI=1S/C11H16ClIN2O/c1-4-16-6-9-14-8(5-7(2)3)10(13)11(12)15-9/h7H,4-6H2,1-3H3. The lowest BCUT2D eigenvalue weighted by Crippen LogP contribution is -2.07. The predicted molar refractivity (Wildman–Crippen MR) is 73.6 cm³/mol. The molecule has 0 bridgehead atoms. The molecule has 0 saturated carbocycles. The molecule has 1 aromatic rings. The van der Waals surface area contributed by atoms with E-state index in [0.717, 1.165) is 15.7 Å². The molecule has 3 nitrogen and oxygen atoms in total. The summed E-state index contributed by atoms with van der Waals surface area (Å²) >= 11 is 8.26. The molecule has 0 spiro atoms. The Morgan fingerprint density at radius 2 is 2.06 bits per heavy atom. The first kappa shape index (κ1) is 14.1. The van der Waals surface area contributed by atoms with Crippen molar-refractivity contribution in [2.75, 3.05) is 6.61 Å².